The molecule has 1 atom stereocenters. The van der Waals surface area contributed by atoms with Crippen molar-refractivity contribution in [2.75, 3.05) is 26.2 Å². The third-order valence-corrected chi connectivity index (χ3v) is 4.33. The highest BCUT2D eigenvalue weighted by molar-refractivity contribution is 5.80. The van der Waals surface area contributed by atoms with Crippen molar-refractivity contribution in [3.63, 3.8) is 0 Å². The first-order valence-corrected chi connectivity index (χ1v) is 9.51. The van der Waals surface area contributed by atoms with Crippen molar-refractivity contribution in [1.29, 1.82) is 0 Å². The van der Waals surface area contributed by atoms with Gasteiger partial charge in [0.25, 0.3) is 5.69 Å². The first kappa shape index (κ1) is 21.9. The Labute approximate surface area is 157 Å². The van der Waals surface area contributed by atoms with Gasteiger partial charge in [-0.1, -0.05) is 32.0 Å². The fourth-order valence-electron chi connectivity index (χ4n) is 2.77. The van der Waals surface area contributed by atoms with Crippen LogP contribution in [0.3, 0.4) is 0 Å². The van der Waals surface area contributed by atoms with E-state index in [0.29, 0.717) is 11.5 Å². The van der Waals surface area contributed by atoms with Gasteiger partial charge in [-0.15, -0.1) is 0 Å². The van der Waals surface area contributed by atoms with E-state index in [1.165, 1.54) is 6.07 Å². The molecule has 0 radical (unpaired) electrons. The van der Waals surface area contributed by atoms with Gasteiger partial charge in [-0.3, -0.25) is 10.1 Å². The molecule has 0 saturated heterocycles. The Bertz CT molecular complexity index is 573. The van der Waals surface area contributed by atoms with Gasteiger partial charge in [0.05, 0.1) is 17.0 Å². The second-order valence-electron chi connectivity index (χ2n) is 6.30. The van der Waals surface area contributed by atoms with Gasteiger partial charge in [-0.25, -0.2) is 4.99 Å². The second-order valence-corrected chi connectivity index (χ2v) is 6.30. The number of aliphatic imine (C=N–C) groups is 1. The van der Waals surface area contributed by atoms with Crippen molar-refractivity contribution in [1.82, 2.24) is 15.5 Å². The molecule has 0 amide bonds. The molecular formula is C19H33N5O2. The number of rotatable bonds is 11. The molecule has 7 nitrogen and oxygen atoms in total. The summed E-state index contributed by atoms with van der Waals surface area (Å²) in [6.07, 6.45) is 2.17. The Morgan fingerprint density at radius 1 is 1.27 bits per heavy atom. The molecule has 0 bridgehead atoms. The minimum Gasteiger partial charge on any atom is -0.357 e. The maximum atomic E-state index is 11.1. The van der Waals surface area contributed by atoms with Crippen molar-refractivity contribution in [3.8, 4) is 0 Å². The smallest absolute Gasteiger partial charge is 0.274 e. The highest BCUT2D eigenvalue weighted by Crippen LogP contribution is 2.18. The number of nitrogens with one attached hydrogen (secondary N) is 2. The number of nitro benzene ring substituents is 1. The van der Waals surface area contributed by atoms with E-state index < -0.39 is 0 Å². The van der Waals surface area contributed by atoms with Crippen LogP contribution in [0.5, 0.6) is 0 Å². The minimum absolute atomic E-state index is 0.111. The van der Waals surface area contributed by atoms with E-state index in [0.717, 1.165) is 39.0 Å². The number of hydrogen-bond acceptors (Lipinski definition) is 4. The molecule has 26 heavy (non-hydrogen) atoms. The van der Waals surface area contributed by atoms with E-state index in [9.17, 15) is 10.1 Å². The third kappa shape index (κ3) is 7.82. The Morgan fingerprint density at radius 3 is 2.58 bits per heavy atom. The highest BCUT2D eigenvalue weighted by Gasteiger charge is 2.12. The van der Waals surface area contributed by atoms with Gasteiger partial charge in [-0.2, -0.15) is 0 Å². The molecule has 1 aromatic carbocycles. The van der Waals surface area contributed by atoms with Crippen LogP contribution in [0.1, 0.15) is 46.1 Å². The third-order valence-electron chi connectivity index (χ3n) is 4.33. The van der Waals surface area contributed by atoms with Gasteiger partial charge in [0.1, 0.15) is 0 Å². The second kappa shape index (κ2) is 12.2. The molecule has 1 rings (SSSR count). The van der Waals surface area contributed by atoms with Crippen LogP contribution >= 0.6 is 0 Å². The number of guanidine groups is 1. The fraction of sp³-hybridized carbons (Fsp3) is 0.632. The predicted octanol–water partition coefficient (Wildman–Crippen LogP) is 3.16. The van der Waals surface area contributed by atoms with E-state index in [2.05, 4.69) is 41.3 Å². The molecular weight excluding hydrogens is 330 g/mol. The van der Waals surface area contributed by atoms with Crippen molar-refractivity contribution in [2.45, 2.75) is 53.1 Å². The molecule has 0 saturated carbocycles. The Balaban J connectivity index is 2.62. The van der Waals surface area contributed by atoms with E-state index in [1.54, 1.807) is 18.2 Å². The van der Waals surface area contributed by atoms with Crippen molar-refractivity contribution >= 4 is 11.6 Å². The molecule has 7 heteroatoms. The van der Waals surface area contributed by atoms with Crippen LogP contribution < -0.4 is 10.6 Å². The topological polar surface area (TPSA) is 82.8 Å². The van der Waals surface area contributed by atoms with Crippen molar-refractivity contribution < 1.29 is 4.92 Å². The lowest BCUT2D eigenvalue weighted by Gasteiger charge is -2.21. The quantitative estimate of drug-likeness (QED) is 0.273. The molecule has 1 unspecified atom stereocenters. The van der Waals surface area contributed by atoms with Crippen molar-refractivity contribution in [2.24, 2.45) is 4.99 Å². The van der Waals surface area contributed by atoms with E-state index in [-0.39, 0.29) is 23.2 Å². The molecule has 0 fully saturated rings. The van der Waals surface area contributed by atoms with E-state index in [4.69, 9.17) is 0 Å². The SMILES string of the molecule is CCNC(=NCc1ccccc1[N+](=O)[O-])NC(C)CCCN(CC)CC. The van der Waals surface area contributed by atoms with Crippen LogP contribution in [-0.2, 0) is 6.54 Å². The van der Waals surface area contributed by atoms with Gasteiger partial charge in [0.15, 0.2) is 5.96 Å². The standard InChI is InChI=1S/C19H33N5O2/c1-5-20-19(22-16(4)11-10-14-23(6-2)7-3)21-15-17-12-8-9-13-18(17)24(25)26/h8-9,12-13,16H,5-7,10-11,14-15H2,1-4H3,(H2,20,21,22). The molecule has 0 spiro atoms. The lowest BCUT2D eigenvalue weighted by Crippen LogP contribution is -2.42. The average molecular weight is 364 g/mol. The molecule has 146 valence electrons. The molecule has 1 aromatic rings. The largest absolute Gasteiger partial charge is 0.357 e. The van der Waals surface area contributed by atoms with Crippen LogP contribution in [0, 0.1) is 10.1 Å². The molecule has 2 N–H and O–H groups in total. The molecule has 0 heterocycles. The zero-order valence-corrected chi connectivity index (χ0v) is 16.5. The van der Waals surface area contributed by atoms with Gasteiger partial charge >= 0.3 is 0 Å². The summed E-state index contributed by atoms with van der Waals surface area (Å²) in [7, 11) is 0. The summed E-state index contributed by atoms with van der Waals surface area (Å²) in [5, 5.41) is 17.7. The molecule has 0 aliphatic heterocycles. The highest BCUT2D eigenvalue weighted by atomic mass is 16.6. The van der Waals surface area contributed by atoms with Crippen LogP contribution in [0.2, 0.25) is 0 Å². The van der Waals surface area contributed by atoms with Gasteiger partial charge < -0.3 is 15.5 Å². The Hall–Kier alpha value is -2.15. The number of nitro groups is 1. The number of para-hydroxylation sites is 1. The first-order valence-electron chi connectivity index (χ1n) is 9.51. The lowest BCUT2D eigenvalue weighted by molar-refractivity contribution is -0.385. The van der Waals surface area contributed by atoms with Crippen LogP contribution in [0.15, 0.2) is 29.3 Å². The number of nitrogens with zero attached hydrogens (tertiary/aromatic N) is 3. The summed E-state index contributed by atoms with van der Waals surface area (Å²) in [5.74, 6) is 0.695. The monoisotopic (exact) mass is 363 g/mol. The summed E-state index contributed by atoms with van der Waals surface area (Å²) in [6, 6.07) is 7.02. The Kier molecular flexibility index (Phi) is 10.3. The van der Waals surface area contributed by atoms with E-state index in [1.807, 2.05) is 6.92 Å². The van der Waals surface area contributed by atoms with Crippen LogP contribution in [0.4, 0.5) is 5.69 Å². The lowest BCUT2D eigenvalue weighted by atomic mass is 10.1. The zero-order chi connectivity index (χ0) is 19.4. The maximum absolute atomic E-state index is 11.1. The summed E-state index contributed by atoms with van der Waals surface area (Å²) in [6.45, 7) is 12.8. The van der Waals surface area contributed by atoms with Gasteiger partial charge in [-0.05, 0) is 46.3 Å². The summed E-state index contributed by atoms with van der Waals surface area (Å²) >= 11 is 0. The van der Waals surface area contributed by atoms with Gasteiger partial charge in [0, 0.05) is 18.7 Å². The van der Waals surface area contributed by atoms with Crippen molar-refractivity contribution in [3.05, 3.63) is 39.9 Å². The van der Waals surface area contributed by atoms with Crippen LogP contribution in [-0.4, -0.2) is 48.0 Å². The predicted molar refractivity (Wildman–Crippen MR) is 108 cm³/mol. The molecule has 0 aliphatic carbocycles. The summed E-state index contributed by atoms with van der Waals surface area (Å²) in [5.41, 5.74) is 0.725. The average Bonchev–Trinajstić information content (AvgIpc) is 2.63. The Morgan fingerprint density at radius 2 is 1.96 bits per heavy atom. The maximum Gasteiger partial charge on any atom is 0.274 e. The molecule has 0 aliphatic rings. The summed E-state index contributed by atoms with van der Waals surface area (Å²) < 4.78 is 0. The first-order chi connectivity index (χ1) is 12.5. The number of benzene rings is 1. The normalized spacial score (nSPS) is 12.9. The minimum atomic E-state index is -0.360. The van der Waals surface area contributed by atoms with Gasteiger partial charge in [0.2, 0.25) is 0 Å². The van der Waals surface area contributed by atoms with Crippen LogP contribution in [0.25, 0.3) is 0 Å². The number of hydrogen-bond donors (Lipinski definition) is 2. The van der Waals surface area contributed by atoms with E-state index >= 15 is 0 Å². The summed E-state index contributed by atoms with van der Waals surface area (Å²) in [4.78, 5) is 17.7. The molecule has 0 aromatic heterocycles. The fourth-order valence-corrected chi connectivity index (χ4v) is 2.77. The zero-order valence-electron chi connectivity index (χ0n) is 16.5.